The number of ether oxygens (including phenoxy) is 1. The lowest BCUT2D eigenvalue weighted by Gasteiger charge is -2.07. The topological polar surface area (TPSA) is 46.5 Å². The third-order valence-corrected chi connectivity index (χ3v) is 2.83. The van der Waals surface area contributed by atoms with Gasteiger partial charge in [0.2, 0.25) is 0 Å². The highest BCUT2D eigenvalue weighted by Gasteiger charge is 2.05. The molecule has 0 bridgehead atoms. The molecule has 0 spiro atoms. The molecule has 2 rings (SSSR count). The van der Waals surface area contributed by atoms with Crippen LogP contribution >= 0.6 is 0 Å². The van der Waals surface area contributed by atoms with Gasteiger partial charge in [0.15, 0.2) is 6.29 Å². The van der Waals surface area contributed by atoms with Gasteiger partial charge in [0.05, 0.1) is 19.3 Å². The molecule has 0 aromatic heterocycles. The van der Waals surface area contributed by atoms with Gasteiger partial charge in [0.1, 0.15) is 5.75 Å². The summed E-state index contributed by atoms with van der Waals surface area (Å²) < 4.78 is 5.10. The van der Waals surface area contributed by atoms with Crippen molar-refractivity contribution in [2.75, 3.05) is 7.11 Å². The molecule has 1 N–H and O–H groups in total. The average Bonchev–Trinajstić information content (AvgIpc) is 2.46. The van der Waals surface area contributed by atoms with Gasteiger partial charge in [-0.1, -0.05) is 30.3 Å². The Morgan fingerprint density at radius 1 is 1.11 bits per heavy atom. The van der Waals surface area contributed by atoms with Crippen molar-refractivity contribution >= 4 is 6.29 Å². The standard InChI is InChI=1S/C15H14O3/c1-18-15-7-6-13(8-14(15)10-17)12-4-2-11(9-16)3-5-12/h2-8,10,16H,9H2,1H3. The highest BCUT2D eigenvalue weighted by atomic mass is 16.5. The number of carbonyl (C=O) groups excluding carboxylic acids is 1. The van der Waals surface area contributed by atoms with Crippen molar-refractivity contribution in [3.8, 4) is 16.9 Å². The van der Waals surface area contributed by atoms with Gasteiger partial charge < -0.3 is 9.84 Å². The number of methoxy groups -OCH3 is 1. The van der Waals surface area contributed by atoms with Crippen LogP contribution < -0.4 is 4.74 Å². The summed E-state index contributed by atoms with van der Waals surface area (Å²) in [4.78, 5) is 11.0. The van der Waals surface area contributed by atoms with Crippen molar-refractivity contribution in [3.63, 3.8) is 0 Å². The van der Waals surface area contributed by atoms with Crippen LogP contribution in [0.5, 0.6) is 5.75 Å². The van der Waals surface area contributed by atoms with Crippen molar-refractivity contribution in [3.05, 3.63) is 53.6 Å². The number of aldehydes is 1. The Morgan fingerprint density at radius 3 is 2.33 bits per heavy atom. The van der Waals surface area contributed by atoms with Crippen LogP contribution in [-0.2, 0) is 6.61 Å². The summed E-state index contributed by atoms with van der Waals surface area (Å²) in [5.41, 5.74) is 3.34. The number of aliphatic hydroxyl groups excluding tert-OH is 1. The summed E-state index contributed by atoms with van der Waals surface area (Å²) in [6.45, 7) is 0.0302. The minimum Gasteiger partial charge on any atom is -0.496 e. The molecule has 0 saturated carbocycles. The van der Waals surface area contributed by atoms with Crippen molar-refractivity contribution < 1.29 is 14.6 Å². The molecule has 0 aliphatic carbocycles. The molecule has 0 unspecified atom stereocenters. The number of hydrogen-bond donors (Lipinski definition) is 1. The summed E-state index contributed by atoms with van der Waals surface area (Å²) in [7, 11) is 1.54. The maximum atomic E-state index is 11.0. The Morgan fingerprint density at radius 2 is 1.78 bits per heavy atom. The molecule has 2 aromatic rings. The smallest absolute Gasteiger partial charge is 0.153 e. The first-order chi connectivity index (χ1) is 8.78. The third kappa shape index (κ3) is 2.41. The van der Waals surface area contributed by atoms with Crippen molar-refractivity contribution in [2.24, 2.45) is 0 Å². The number of aliphatic hydroxyl groups is 1. The predicted molar refractivity (Wildman–Crippen MR) is 69.7 cm³/mol. The molecule has 0 aliphatic heterocycles. The van der Waals surface area contributed by atoms with Gasteiger partial charge in [0.25, 0.3) is 0 Å². The maximum Gasteiger partial charge on any atom is 0.153 e. The molecular weight excluding hydrogens is 228 g/mol. The normalized spacial score (nSPS) is 10.1. The Labute approximate surface area is 106 Å². The highest BCUT2D eigenvalue weighted by Crippen LogP contribution is 2.25. The van der Waals surface area contributed by atoms with Crippen LogP contribution in [0.4, 0.5) is 0 Å². The van der Waals surface area contributed by atoms with E-state index in [0.29, 0.717) is 11.3 Å². The van der Waals surface area contributed by atoms with E-state index in [1.54, 1.807) is 12.1 Å². The number of rotatable bonds is 4. The highest BCUT2D eigenvalue weighted by molar-refractivity contribution is 5.83. The van der Waals surface area contributed by atoms with E-state index < -0.39 is 0 Å². The Kier molecular flexibility index (Phi) is 3.75. The van der Waals surface area contributed by atoms with E-state index in [1.807, 2.05) is 30.3 Å². The van der Waals surface area contributed by atoms with E-state index in [1.165, 1.54) is 7.11 Å². The summed E-state index contributed by atoms with van der Waals surface area (Å²) in [6, 6.07) is 13.0. The molecule has 0 atom stereocenters. The van der Waals surface area contributed by atoms with Gasteiger partial charge >= 0.3 is 0 Å². The largest absolute Gasteiger partial charge is 0.496 e. The van der Waals surface area contributed by atoms with Crippen LogP contribution in [0.25, 0.3) is 11.1 Å². The molecule has 0 fully saturated rings. The number of carbonyl (C=O) groups is 1. The lowest BCUT2D eigenvalue weighted by Crippen LogP contribution is -1.91. The first-order valence-electron chi connectivity index (χ1n) is 5.62. The lowest BCUT2D eigenvalue weighted by atomic mass is 10.0. The Hall–Kier alpha value is -2.13. The SMILES string of the molecule is COc1ccc(-c2ccc(CO)cc2)cc1C=O. The van der Waals surface area contributed by atoms with Crippen LogP contribution in [0.2, 0.25) is 0 Å². The monoisotopic (exact) mass is 242 g/mol. The second kappa shape index (κ2) is 5.47. The first kappa shape index (κ1) is 12.3. The maximum absolute atomic E-state index is 11.0. The molecule has 0 radical (unpaired) electrons. The van der Waals surface area contributed by atoms with Crippen molar-refractivity contribution in [1.29, 1.82) is 0 Å². The molecule has 0 saturated heterocycles. The third-order valence-electron chi connectivity index (χ3n) is 2.83. The molecule has 3 nitrogen and oxygen atoms in total. The number of hydrogen-bond acceptors (Lipinski definition) is 3. The zero-order valence-electron chi connectivity index (χ0n) is 10.1. The summed E-state index contributed by atoms with van der Waals surface area (Å²) in [5.74, 6) is 0.570. The van der Waals surface area contributed by atoms with Gasteiger partial charge in [-0.25, -0.2) is 0 Å². The molecular formula is C15H14O3. The van der Waals surface area contributed by atoms with Crippen molar-refractivity contribution in [2.45, 2.75) is 6.61 Å². The first-order valence-corrected chi connectivity index (χ1v) is 5.62. The quantitative estimate of drug-likeness (QED) is 0.838. The zero-order chi connectivity index (χ0) is 13.0. The Balaban J connectivity index is 2.40. The van der Waals surface area contributed by atoms with Gasteiger partial charge in [0, 0.05) is 0 Å². The van der Waals surface area contributed by atoms with E-state index in [-0.39, 0.29) is 6.61 Å². The van der Waals surface area contributed by atoms with Gasteiger partial charge in [-0.15, -0.1) is 0 Å². The van der Waals surface area contributed by atoms with E-state index in [2.05, 4.69) is 0 Å². The molecule has 2 aromatic carbocycles. The van der Waals surface area contributed by atoms with Crippen LogP contribution in [0.1, 0.15) is 15.9 Å². The van der Waals surface area contributed by atoms with E-state index in [9.17, 15) is 4.79 Å². The zero-order valence-corrected chi connectivity index (χ0v) is 10.1. The minimum atomic E-state index is 0.0302. The van der Waals surface area contributed by atoms with Crippen LogP contribution in [0.15, 0.2) is 42.5 Å². The van der Waals surface area contributed by atoms with Crippen molar-refractivity contribution in [1.82, 2.24) is 0 Å². The second-order valence-corrected chi connectivity index (χ2v) is 3.93. The van der Waals surface area contributed by atoms with Gasteiger partial charge in [-0.05, 0) is 28.8 Å². The lowest BCUT2D eigenvalue weighted by molar-refractivity contribution is 0.112. The summed E-state index contributed by atoms with van der Waals surface area (Å²) in [6.07, 6.45) is 0.782. The van der Waals surface area contributed by atoms with E-state index >= 15 is 0 Å². The predicted octanol–water partition coefficient (Wildman–Crippen LogP) is 2.67. The number of benzene rings is 2. The van der Waals surface area contributed by atoms with Crippen LogP contribution in [-0.4, -0.2) is 18.5 Å². The van der Waals surface area contributed by atoms with Crippen LogP contribution in [0, 0.1) is 0 Å². The van der Waals surface area contributed by atoms with E-state index in [4.69, 9.17) is 9.84 Å². The molecule has 0 aliphatic rings. The minimum absolute atomic E-state index is 0.0302. The molecule has 92 valence electrons. The van der Waals surface area contributed by atoms with Gasteiger partial charge in [-0.2, -0.15) is 0 Å². The van der Waals surface area contributed by atoms with Gasteiger partial charge in [-0.3, -0.25) is 4.79 Å². The molecule has 3 heteroatoms. The van der Waals surface area contributed by atoms with E-state index in [0.717, 1.165) is 23.0 Å². The second-order valence-electron chi connectivity index (χ2n) is 3.93. The van der Waals surface area contributed by atoms with Crippen LogP contribution in [0.3, 0.4) is 0 Å². The molecule has 0 heterocycles. The Bertz CT molecular complexity index is 544. The average molecular weight is 242 g/mol. The molecule has 18 heavy (non-hydrogen) atoms. The summed E-state index contributed by atoms with van der Waals surface area (Å²) in [5, 5.41) is 8.99. The fourth-order valence-electron chi connectivity index (χ4n) is 1.81. The fourth-order valence-corrected chi connectivity index (χ4v) is 1.81. The molecule has 0 amide bonds. The fraction of sp³-hybridized carbons (Fsp3) is 0.133. The summed E-state index contributed by atoms with van der Waals surface area (Å²) >= 11 is 0.